The number of carbonyl (C=O) groups is 2. The van der Waals surface area contributed by atoms with Crippen LogP contribution in [-0.4, -0.2) is 22.8 Å². The van der Waals surface area contributed by atoms with Crippen molar-refractivity contribution in [2.45, 2.75) is 18.7 Å². The average molecular weight is 463 g/mol. The van der Waals surface area contributed by atoms with E-state index in [9.17, 15) is 9.59 Å². The normalized spacial score (nSPS) is 23.2. The van der Waals surface area contributed by atoms with Crippen LogP contribution < -0.4 is 5.06 Å². The number of nitrogens with zero attached hydrogens (tertiary/aromatic N) is 2. The molecular weight excluding hydrogens is 444 g/mol. The molecule has 2 heterocycles. The second kappa shape index (κ2) is 7.70. The van der Waals surface area contributed by atoms with E-state index in [-0.39, 0.29) is 24.4 Å². The number of rotatable bonds is 4. The van der Waals surface area contributed by atoms with Crippen LogP contribution in [0, 0.1) is 5.92 Å². The van der Waals surface area contributed by atoms with E-state index in [2.05, 4.69) is 15.9 Å². The van der Waals surface area contributed by atoms with E-state index in [1.165, 1.54) is 4.90 Å². The molecule has 5 rings (SSSR count). The zero-order valence-electron chi connectivity index (χ0n) is 16.0. The highest BCUT2D eigenvalue weighted by molar-refractivity contribution is 9.10. The lowest BCUT2D eigenvalue weighted by atomic mass is 9.90. The molecule has 3 unspecified atom stereocenters. The minimum atomic E-state index is -0.824. The Morgan fingerprint density at radius 2 is 1.43 bits per heavy atom. The Balaban J connectivity index is 1.52. The molecule has 0 spiro atoms. The monoisotopic (exact) mass is 462 g/mol. The number of anilines is 1. The molecule has 6 heteroatoms. The number of carbonyl (C=O) groups excluding carboxylic acids is 2. The average Bonchev–Trinajstić information content (AvgIpc) is 3.28. The summed E-state index contributed by atoms with van der Waals surface area (Å²) in [4.78, 5) is 34.0. The van der Waals surface area contributed by atoms with Gasteiger partial charge in [-0.15, -0.1) is 0 Å². The van der Waals surface area contributed by atoms with Gasteiger partial charge in [-0.2, -0.15) is 0 Å². The summed E-state index contributed by atoms with van der Waals surface area (Å²) in [6, 6.07) is 26.6. The molecular formula is C24H19BrN2O3. The number of amides is 2. The molecule has 0 aromatic heterocycles. The molecule has 2 fully saturated rings. The first kappa shape index (κ1) is 19.0. The molecule has 150 valence electrons. The Bertz CT molecular complexity index is 1070. The molecule has 3 atom stereocenters. The third-order valence-electron chi connectivity index (χ3n) is 5.61. The molecule has 0 radical (unpaired) electrons. The molecule has 2 aliphatic heterocycles. The molecule has 2 amide bonds. The Kier molecular flexibility index (Phi) is 4.89. The lowest BCUT2D eigenvalue weighted by Gasteiger charge is -2.28. The molecule has 5 nitrogen and oxygen atoms in total. The maximum atomic E-state index is 13.4. The van der Waals surface area contributed by atoms with E-state index in [0.29, 0.717) is 0 Å². The molecule has 0 bridgehead atoms. The largest absolute Gasteiger partial charge is 0.275 e. The fourth-order valence-corrected chi connectivity index (χ4v) is 4.46. The highest BCUT2D eigenvalue weighted by Crippen LogP contribution is 2.47. The lowest BCUT2D eigenvalue weighted by Crippen LogP contribution is -2.36. The van der Waals surface area contributed by atoms with E-state index in [1.807, 2.05) is 84.9 Å². The van der Waals surface area contributed by atoms with E-state index >= 15 is 0 Å². The van der Waals surface area contributed by atoms with E-state index in [4.69, 9.17) is 4.84 Å². The van der Waals surface area contributed by atoms with Crippen molar-refractivity contribution in [2.24, 2.45) is 5.92 Å². The summed E-state index contributed by atoms with van der Waals surface area (Å²) in [6.45, 7) is 0.257. The van der Waals surface area contributed by atoms with Gasteiger partial charge >= 0.3 is 0 Å². The molecule has 30 heavy (non-hydrogen) atoms. The second-order valence-electron chi connectivity index (χ2n) is 7.46. The minimum absolute atomic E-state index is 0.194. The lowest BCUT2D eigenvalue weighted by molar-refractivity contribution is -0.143. The van der Waals surface area contributed by atoms with Crippen molar-refractivity contribution in [2.75, 3.05) is 5.06 Å². The standard InChI is InChI=1S/C24H19BrN2O3/c25-18-13-11-17(12-14-18)21-20-22(30-27(21)19-9-5-2-6-10-19)24(29)26(23(20)28)15-16-7-3-1-4-8-16/h1-14,20-22H,15H2. The van der Waals surface area contributed by atoms with Crippen molar-refractivity contribution in [1.29, 1.82) is 0 Å². The number of para-hydroxylation sites is 1. The van der Waals surface area contributed by atoms with Crippen molar-refractivity contribution < 1.29 is 14.4 Å². The van der Waals surface area contributed by atoms with Crippen LogP contribution in [-0.2, 0) is 21.0 Å². The van der Waals surface area contributed by atoms with Gasteiger partial charge in [-0.25, -0.2) is 5.06 Å². The predicted octanol–water partition coefficient (Wildman–Crippen LogP) is 4.50. The zero-order valence-corrected chi connectivity index (χ0v) is 17.6. The van der Waals surface area contributed by atoms with Gasteiger partial charge in [0.2, 0.25) is 5.91 Å². The van der Waals surface area contributed by atoms with Crippen LogP contribution in [0.1, 0.15) is 17.2 Å². The molecule has 0 aliphatic carbocycles. The molecule has 3 aromatic rings. The van der Waals surface area contributed by atoms with Gasteiger partial charge in [-0.3, -0.25) is 19.3 Å². The van der Waals surface area contributed by atoms with Crippen molar-refractivity contribution in [1.82, 2.24) is 4.90 Å². The maximum absolute atomic E-state index is 13.4. The van der Waals surface area contributed by atoms with Gasteiger partial charge < -0.3 is 0 Å². The third-order valence-corrected chi connectivity index (χ3v) is 6.14. The smallest absolute Gasteiger partial charge is 0.262 e. The number of likely N-dealkylation sites (tertiary alicyclic amines) is 1. The van der Waals surface area contributed by atoms with Crippen LogP contribution in [0.15, 0.2) is 89.4 Å². The van der Waals surface area contributed by atoms with E-state index in [0.717, 1.165) is 21.3 Å². The maximum Gasteiger partial charge on any atom is 0.262 e. The zero-order chi connectivity index (χ0) is 20.7. The third kappa shape index (κ3) is 3.22. The first-order chi connectivity index (χ1) is 14.6. The summed E-state index contributed by atoms with van der Waals surface area (Å²) < 4.78 is 0.951. The molecule has 2 aliphatic rings. The minimum Gasteiger partial charge on any atom is -0.275 e. The van der Waals surface area contributed by atoms with Crippen LogP contribution in [0.25, 0.3) is 0 Å². The SMILES string of the molecule is O=C1C2ON(c3ccccc3)C(c3ccc(Br)cc3)C2C(=O)N1Cc1ccccc1. The fraction of sp³-hybridized carbons (Fsp3) is 0.167. The first-order valence-electron chi connectivity index (χ1n) is 9.79. The number of fused-ring (bicyclic) bond motifs is 1. The van der Waals surface area contributed by atoms with Gasteiger partial charge in [0.25, 0.3) is 5.91 Å². The Morgan fingerprint density at radius 1 is 0.800 bits per heavy atom. The molecule has 0 saturated carbocycles. The van der Waals surface area contributed by atoms with Crippen molar-refractivity contribution in [3.63, 3.8) is 0 Å². The number of hydrogen-bond acceptors (Lipinski definition) is 4. The Morgan fingerprint density at radius 3 is 2.10 bits per heavy atom. The van der Waals surface area contributed by atoms with Crippen LogP contribution in [0.5, 0.6) is 0 Å². The van der Waals surface area contributed by atoms with E-state index in [1.54, 1.807) is 5.06 Å². The topological polar surface area (TPSA) is 49.9 Å². The summed E-state index contributed by atoms with van der Waals surface area (Å²) in [7, 11) is 0. The number of halogens is 1. The fourth-order valence-electron chi connectivity index (χ4n) is 4.19. The first-order valence-corrected chi connectivity index (χ1v) is 10.6. The summed E-state index contributed by atoms with van der Waals surface area (Å²) in [5.41, 5.74) is 2.66. The van der Waals surface area contributed by atoms with Gasteiger partial charge in [-0.05, 0) is 35.4 Å². The number of imide groups is 1. The summed E-state index contributed by atoms with van der Waals surface area (Å²) >= 11 is 3.46. The second-order valence-corrected chi connectivity index (χ2v) is 8.37. The van der Waals surface area contributed by atoms with Crippen molar-refractivity contribution >= 4 is 33.4 Å². The molecule has 0 N–H and O–H groups in total. The van der Waals surface area contributed by atoms with Crippen LogP contribution in [0.2, 0.25) is 0 Å². The summed E-state index contributed by atoms with van der Waals surface area (Å²) in [5, 5.41) is 1.72. The highest BCUT2D eigenvalue weighted by atomic mass is 79.9. The van der Waals surface area contributed by atoms with Gasteiger partial charge in [0.1, 0.15) is 5.92 Å². The molecule has 3 aromatic carbocycles. The Hall–Kier alpha value is -2.96. The van der Waals surface area contributed by atoms with Crippen LogP contribution in [0.3, 0.4) is 0 Å². The number of hydrogen-bond donors (Lipinski definition) is 0. The van der Waals surface area contributed by atoms with Crippen molar-refractivity contribution in [3.8, 4) is 0 Å². The molecule has 2 saturated heterocycles. The summed E-state index contributed by atoms with van der Waals surface area (Å²) in [6.07, 6.45) is -0.824. The van der Waals surface area contributed by atoms with Crippen LogP contribution >= 0.6 is 15.9 Å². The van der Waals surface area contributed by atoms with Gasteiger partial charge in [0.05, 0.1) is 18.3 Å². The Labute approximate surface area is 183 Å². The van der Waals surface area contributed by atoms with E-state index < -0.39 is 12.0 Å². The highest BCUT2D eigenvalue weighted by Gasteiger charge is 2.59. The number of hydroxylamine groups is 1. The number of benzene rings is 3. The van der Waals surface area contributed by atoms with Crippen molar-refractivity contribution in [3.05, 3.63) is 101 Å². The van der Waals surface area contributed by atoms with Gasteiger partial charge in [0.15, 0.2) is 6.10 Å². The predicted molar refractivity (Wildman–Crippen MR) is 116 cm³/mol. The van der Waals surface area contributed by atoms with Gasteiger partial charge in [-0.1, -0.05) is 76.6 Å². The van der Waals surface area contributed by atoms with Crippen LogP contribution in [0.4, 0.5) is 5.69 Å². The van der Waals surface area contributed by atoms with Gasteiger partial charge in [0, 0.05) is 4.47 Å². The summed E-state index contributed by atoms with van der Waals surface area (Å²) in [5.74, 6) is -1.07. The quantitative estimate of drug-likeness (QED) is 0.535.